The maximum atomic E-state index is 14.9. The van der Waals surface area contributed by atoms with E-state index in [0.29, 0.717) is 11.5 Å². The molecule has 1 aliphatic rings. The van der Waals surface area contributed by atoms with Crippen LogP contribution in [-0.4, -0.2) is 33.3 Å². The van der Waals surface area contributed by atoms with Crippen molar-refractivity contribution >= 4 is 28.1 Å². The number of halogens is 2. The Morgan fingerprint density at radius 2 is 1.92 bits per heavy atom. The van der Waals surface area contributed by atoms with Crippen molar-refractivity contribution < 1.29 is 28.5 Å². The van der Waals surface area contributed by atoms with Crippen LogP contribution in [0.15, 0.2) is 36.4 Å². The van der Waals surface area contributed by atoms with Gasteiger partial charge in [0.05, 0.1) is 41.2 Å². The highest BCUT2D eigenvalue weighted by Gasteiger charge is 2.25. The molecule has 0 aliphatic heterocycles. The number of carbonyl (C=O) groups excluding carboxylic acids is 1. The van der Waals surface area contributed by atoms with Gasteiger partial charge in [0, 0.05) is 4.88 Å². The smallest absolute Gasteiger partial charge is 0.251 e. The fourth-order valence-corrected chi connectivity index (χ4v) is 5.28. The van der Waals surface area contributed by atoms with Gasteiger partial charge in [0.1, 0.15) is 22.5 Å². The van der Waals surface area contributed by atoms with E-state index in [1.165, 1.54) is 19.9 Å². The zero-order valence-corrected chi connectivity index (χ0v) is 20.9. The van der Waals surface area contributed by atoms with Crippen LogP contribution in [0.25, 0.3) is 10.4 Å². The summed E-state index contributed by atoms with van der Waals surface area (Å²) in [6, 6.07) is 8.70. The SMILES string of the molecule is CC(C)(O)c1cc(F)c(-c2cc(C(N)=O)c(Nc3cccc(CO[C@@H]4CCCC[C@@H]4O)n3)s2)c(F)c1. The Morgan fingerprint density at radius 1 is 1.22 bits per heavy atom. The van der Waals surface area contributed by atoms with Gasteiger partial charge in [-0.3, -0.25) is 4.79 Å². The molecule has 1 aliphatic carbocycles. The highest BCUT2D eigenvalue weighted by atomic mass is 32.1. The summed E-state index contributed by atoms with van der Waals surface area (Å²) in [5, 5.41) is 23.5. The van der Waals surface area contributed by atoms with Crippen LogP contribution in [0.2, 0.25) is 0 Å². The van der Waals surface area contributed by atoms with E-state index in [-0.39, 0.29) is 39.3 Å². The summed E-state index contributed by atoms with van der Waals surface area (Å²) in [5.41, 5.74) is 4.57. The number of hydrogen-bond donors (Lipinski definition) is 4. The maximum absolute atomic E-state index is 14.9. The summed E-state index contributed by atoms with van der Waals surface area (Å²) in [4.78, 5) is 16.7. The lowest BCUT2D eigenvalue weighted by Gasteiger charge is -2.27. The van der Waals surface area contributed by atoms with Gasteiger partial charge in [-0.05, 0) is 62.6 Å². The Hall–Kier alpha value is -2.92. The predicted octanol–water partition coefficient (Wildman–Crippen LogP) is 4.98. The van der Waals surface area contributed by atoms with Gasteiger partial charge in [0.15, 0.2) is 0 Å². The number of ether oxygens (including phenoxy) is 1. The number of anilines is 2. The number of aromatic nitrogens is 1. The van der Waals surface area contributed by atoms with Crippen molar-refractivity contribution in [1.29, 1.82) is 0 Å². The second-order valence-corrected chi connectivity index (χ2v) is 10.5. The third kappa shape index (κ3) is 5.89. The lowest BCUT2D eigenvalue weighted by molar-refractivity contribution is -0.0669. The van der Waals surface area contributed by atoms with Gasteiger partial charge in [-0.25, -0.2) is 13.8 Å². The molecule has 192 valence electrons. The normalized spacial score (nSPS) is 18.3. The molecule has 0 bridgehead atoms. The standard InChI is InChI=1S/C26H29F2N3O4S/c1-26(2,34)14-10-17(27)23(18(28)11-14)21-12-16(24(29)33)25(36-21)31-22-9-5-6-15(30-22)13-35-20-8-4-3-7-19(20)32/h5-6,9-12,19-20,32,34H,3-4,7-8,13H2,1-2H3,(H2,29,33)(H,30,31)/t19-,20+/m0/s1. The van der Waals surface area contributed by atoms with E-state index in [1.54, 1.807) is 18.2 Å². The van der Waals surface area contributed by atoms with Crippen molar-refractivity contribution in [3.8, 4) is 10.4 Å². The molecule has 0 saturated heterocycles. The minimum Gasteiger partial charge on any atom is -0.390 e. The lowest BCUT2D eigenvalue weighted by Crippen LogP contribution is -2.32. The average molecular weight is 518 g/mol. The molecule has 3 aromatic rings. The molecule has 10 heteroatoms. The molecule has 0 unspecified atom stereocenters. The first-order valence-electron chi connectivity index (χ1n) is 11.7. The number of aliphatic hydroxyl groups excluding tert-OH is 1. The molecular weight excluding hydrogens is 488 g/mol. The number of pyridine rings is 1. The van der Waals surface area contributed by atoms with Gasteiger partial charge in [0.25, 0.3) is 5.91 Å². The third-order valence-corrected chi connectivity index (χ3v) is 7.22. The Bertz CT molecular complexity index is 1240. The number of rotatable bonds is 8. The minimum absolute atomic E-state index is 0.0640. The van der Waals surface area contributed by atoms with Crippen LogP contribution in [0.3, 0.4) is 0 Å². The molecule has 2 atom stereocenters. The minimum atomic E-state index is -1.42. The Labute approximate surface area is 211 Å². The van der Waals surface area contributed by atoms with Gasteiger partial charge in [-0.15, -0.1) is 11.3 Å². The quantitative estimate of drug-likeness (QED) is 0.335. The zero-order chi connectivity index (χ0) is 26.0. The van der Waals surface area contributed by atoms with Crippen LogP contribution in [0, 0.1) is 11.6 Å². The Kier molecular flexibility index (Phi) is 7.70. The van der Waals surface area contributed by atoms with Crippen LogP contribution in [0.5, 0.6) is 0 Å². The average Bonchev–Trinajstić information content (AvgIpc) is 3.21. The molecule has 1 fully saturated rings. The number of nitrogens with one attached hydrogen (secondary N) is 1. The van der Waals surface area contributed by atoms with Crippen LogP contribution in [0.4, 0.5) is 19.6 Å². The fourth-order valence-electron chi connectivity index (χ4n) is 4.16. The molecule has 7 nitrogen and oxygen atoms in total. The molecule has 4 rings (SSSR count). The Balaban J connectivity index is 1.57. The number of amides is 1. The number of primary amides is 1. The predicted molar refractivity (Wildman–Crippen MR) is 134 cm³/mol. The van der Waals surface area contributed by atoms with Crippen LogP contribution in [0.1, 0.15) is 61.1 Å². The third-order valence-electron chi connectivity index (χ3n) is 6.15. The van der Waals surface area contributed by atoms with Gasteiger partial charge in [0.2, 0.25) is 0 Å². The molecule has 1 saturated carbocycles. The van der Waals surface area contributed by atoms with E-state index in [1.807, 2.05) is 0 Å². The summed E-state index contributed by atoms with van der Waals surface area (Å²) in [5.74, 6) is -2.09. The van der Waals surface area contributed by atoms with Crippen molar-refractivity contribution in [3.05, 3.63) is 64.9 Å². The number of aliphatic hydroxyl groups is 2. The second kappa shape index (κ2) is 10.6. The number of nitrogens with two attached hydrogens (primary N) is 1. The first kappa shape index (κ1) is 26.2. The molecule has 1 aromatic carbocycles. The van der Waals surface area contributed by atoms with Crippen molar-refractivity contribution in [2.45, 2.75) is 63.9 Å². The van der Waals surface area contributed by atoms with Crippen LogP contribution >= 0.6 is 11.3 Å². The Morgan fingerprint density at radius 3 is 2.56 bits per heavy atom. The first-order valence-corrected chi connectivity index (χ1v) is 12.5. The van der Waals surface area contributed by atoms with Crippen LogP contribution in [-0.2, 0) is 16.9 Å². The number of carbonyl (C=O) groups is 1. The summed E-state index contributed by atoms with van der Waals surface area (Å²) in [6.45, 7) is 3.07. The van der Waals surface area contributed by atoms with E-state index in [4.69, 9.17) is 10.5 Å². The molecule has 5 N–H and O–H groups in total. The number of hydrogen-bond acceptors (Lipinski definition) is 7. The molecule has 36 heavy (non-hydrogen) atoms. The van der Waals surface area contributed by atoms with Gasteiger partial charge in [-0.1, -0.05) is 18.9 Å². The molecule has 0 spiro atoms. The molecule has 2 heterocycles. The molecule has 1 amide bonds. The fraction of sp³-hybridized carbons (Fsp3) is 0.385. The summed E-state index contributed by atoms with van der Waals surface area (Å²) in [6.07, 6.45) is 2.80. The summed E-state index contributed by atoms with van der Waals surface area (Å²) in [7, 11) is 0. The number of nitrogens with zero attached hydrogens (tertiary/aromatic N) is 1. The summed E-state index contributed by atoms with van der Waals surface area (Å²) >= 11 is 0.961. The van der Waals surface area contributed by atoms with E-state index < -0.39 is 29.2 Å². The summed E-state index contributed by atoms with van der Waals surface area (Å²) < 4.78 is 35.6. The van der Waals surface area contributed by atoms with Gasteiger partial charge in [-0.2, -0.15) is 0 Å². The second-order valence-electron chi connectivity index (χ2n) is 9.43. The monoisotopic (exact) mass is 517 g/mol. The zero-order valence-electron chi connectivity index (χ0n) is 20.1. The van der Waals surface area contributed by atoms with Crippen molar-refractivity contribution in [2.24, 2.45) is 5.73 Å². The molecule has 0 radical (unpaired) electrons. The first-order chi connectivity index (χ1) is 17.0. The lowest BCUT2D eigenvalue weighted by atomic mass is 9.95. The van der Waals surface area contributed by atoms with Crippen molar-refractivity contribution in [3.63, 3.8) is 0 Å². The van der Waals surface area contributed by atoms with E-state index in [2.05, 4.69) is 10.3 Å². The topological polar surface area (TPSA) is 118 Å². The van der Waals surface area contributed by atoms with E-state index >= 15 is 0 Å². The molecule has 2 aromatic heterocycles. The van der Waals surface area contributed by atoms with Gasteiger partial charge >= 0.3 is 0 Å². The van der Waals surface area contributed by atoms with Crippen molar-refractivity contribution in [2.75, 3.05) is 5.32 Å². The highest BCUT2D eigenvalue weighted by Crippen LogP contribution is 2.40. The maximum Gasteiger partial charge on any atom is 0.251 e. The van der Waals surface area contributed by atoms with Crippen LogP contribution < -0.4 is 11.1 Å². The highest BCUT2D eigenvalue weighted by molar-refractivity contribution is 7.20. The van der Waals surface area contributed by atoms with E-state index in [0.717, 1.165) is 49.2 Å². The molecular formula is C26H29F2N3O4S. The van der Waals surface area contributed by atoms with Gasteiger partial charge < -0.3 is 26.0 Å². The van der Waals surface area contributed by atoms with E-state index in [9.17, 15) is 23.8 Å². The number of benzene rings is 1. The largest absolute Gasteiger partial charge is 0.390 e. The van der Waals surface area contributed by atoms with Crippen molar-refractivity contribution in [1.82, 2.24) is 4.98 Å². The number of thiophene rings is 1.